The Morgan fingerprint density at radius 2 is 2.00 bits per heavy atom. The van der Waals surface area contributed by atoms with Gasteiger partial charge in [0.1, 0.15) is 0 Å². The van der Waals surface area contributed by atoms with Crippen LogP contribution in [0.15, 0.2) is 18.2 Å². The molecular formula is C17H27NO2. The van der Waals surface area contributed by atoms with E-state index in [9.17, 15) is 0 Å². The smallest absolute Gasteiger partial charge is 0.161 e. The standard InChI is InChI=1S/C17H27NO2/c1-3-4-5-6-11-20-16-10-7-14(12-17(16)19-2)13-18-15-8-9-15/h7,10,12,15,18H,3-6,8-9,11,13H2,1-2H3. The summed E-state index contributed by atoms with van der Waals surface area (Å²) < 4.78 is 11.3. The van der Waals surface area contributed by atoms with Gasteiger partial charge >= 0.3 is 0 Å². The minimum atomic E-state index is 0.732. The van der Waals surface area contributed by atoms with Gasteiger partial charge in [-0.25, -0.2) is 0 Å². The Bertz CT molecular complexity index is 402. The van der Waals surface area contributed by atoms with Crippen molar-refractivity contribution in [3.63, 3.8) is 0 Å². The number of unbranched alkanes of at least 4 members (excludes halogenated alkanes) is 3. The maximum Gasteiger partial charge on any atom is 0.161 e. The molecule has 1 aliphatic rings. The van der Waals surface area contributed by atoms with Gasteiger partial charge in [-0.1, -0.05) is 32.3 Å². The molecule has 1 aromatic carbocycles. The lowest BCUT2D eigenvalue weighted by Gasteiger charge is -2.12. The topological polar surface area (TPSA) is 30.5 Å². The first kappa shape index (κ1) is 15.2. The largest absolute Gasteiger partial charge is 0.493 e. The van der Waals surface area contributed by atoms with Crippen LogP contribution in [0.4, 0.5) is 0 Å². The summed E-state index contributed by atoms with van der Waals surface area (Å²) in [5.74, 6) is 1.70. The lowest BCUT2D eigenvalue weighted by Crippen LogP contribution is -2.15. The molecule has 0 heterocycles. The van der Waals surface area contributed by atoms with Crippen molar-refractivity contribution in [1.82, 2.24) is 5.32 Å². The van der Waals surface area contributed by atoms with Crippen molar-refractivity contribution in [2.45, 2.75) is 58.0 Å². The molecule has 1 fully saturated rings. The molecule has 1 aliphatic carbocycles. The quantitative estimate of drug-likeness (QED) is 0.658. The number of ether oxygens (including phenoxy) is 2. The molecule has 1 N–H and O–H groups in total. The highest BCUT2D eigenvalue weighted by atomic mass is 16.5. The summed E-state index contributed by atoms with van der Waals surface area (Å²) in [5.41, 5.74) is 1.26. The number of hydrogen-bond acceptors (Lipinski definition) is 3. The second kappa shape index (κ2) is 8.15. The Balaban J connectivity index is 1.81. The molecule has 0 saturated heterocycles. The summed E-state index contributed by atoms with van der Waals surface area (Å²) >= 11 is 0. The van der Waals surface area contributed by atoms with Gasteiger partial charge in [-0.3, -0.25) is 0 Å². The summed E-state index contributed by atoms with van der Waals surface area (Å²) in [6, 6.07) is 6.97. The summed E-state index contributed by atoms with van der Waals surface area (Å²) in [6.07, 6.45) is 7.52. The number of methoxy groups -OCH3 is 1. The third-order valence-electron chi connectivity index (χ3n) is 3.66. The van der Waals surface area contributed by atoms with Gasteiger partial charge in [0.05, 0.1) is 13.7 Å². The Kier molecular flexibility index (Phi) is 6.19. The number of nitrogens with one attached hydrogen (secondary N) is 1. The van der Waals surface area contributed by atoms with Crippen LogP contribution in [-0.4, -0.2) is 19.8 Å². The van der Waals surface area contributed by atoms with Crippen LogP contribution in [0, 0.1) is 0 Å². The van der Waals surface area contributed by atoms with Crippen LogP contribution in [0.2, 0.25) is 0 Å². The van der Waals surface area contributed by atoms with Gasteiger partial charge in [-0.15, -0.1) is 0 Å². The van der Waals surface area contributed by atoms with Crippen LogP contribution >= 0.6 is 0 Å². The zero-order chi connectivity index (χ0) is 14.2. The Morgan fingerprint density at radius 1 is 1.15 bits per heavy atom. The van der Waals surface area contributed by atoms with Gasteiger partial charge in [0.15, 0.2) is 11.5 Å². The molecule has 3 nitrogen and oxygen atoms in total. The highest BCUT2D eigenvalue weighted by molar-refractivity contribution is 5.43. The predicted octanol–water partition coefficient (Wildman–Crippen LogP) is 3.91. The molecule has 0 amide bonds. The van der Waals surface area contributed by atoms with Crippen molar-refractivity contribution in [2.75, 3.05) is 13.7 Å². The van der Waals surface area contributed by atoms with Crippen molar-refractivity contribution >= 4 is 0 Å². The van der Waals surface area contributed by atoms with E-state index >= 15 is 0 Å². The molecule has 1 aromatic rings. The lowest BCUT2D eigenvalue weighted by molar-refractivity contribution is 0.285. The number of rotatable bonds is 10. The fourth-order valence-electron chi connectivity index (χ4n) is 2.20. The van der Waals surface area contributed by atoms with Crippen molar-refractivity contribution in [3.8, 4) is 11.5 Å². The van der Waals surface area contributed by atoms with E-state index in [0.29, 0.717) is 0 Å². The zero-order valence-corrected chi connectivity index (χ0v) is 12.8. The SMILES string of the molecule is CCCCCCOc1ccc(CNC2CC2)cc1OC. The summed E-state index contributed by atoms with van der Waals surface area (Å²) in [7, 11) is 1.71. The maximum absolute atomic E-state index is 5.82. The van der Waals surface area contributed by atoms with E-state index in [1.807, 2.05) is 6.07 Å². The molecule has 2 rings (SSSR count). The van der Waals surface area contributed by atoms with Crippen molar-refractivity contribution in [3.05, 3.63) is 23.8 Å². The summed E-state index contributed by atoms with van der Waals surface area (Å²) in [6.45, 7) is 3.91. The molecule has 0 unspecified atom stereocenters. The second-order valence-corrected chi connectivity index (χ2v) is 5.55. The Hall–Kier alpha value is -1.22. The molecule has 3 heteroatoms. The van der Waals surface area contributed by atoms with Gasteiger partial charge < -0.3 is 14.8 Å². The molecule has 1 saturated carbocycles. The molecule has 0 aliphatic heterocycles. The van der Waals surface area contributed by atoms with Crippen LogP contribution in [0.1, 0.15) is 51.0 Å². The van der Waals surface area contributed by atoms with Gasteiger partial charge in [0, 0.05) is 12.6 Å². The zero-order valence-electron chi connectivity index (χ0n) is 12.8. The third-order valence-corrected chi connectivity index (χ3v) is 3.66. The van der Waals surface area contributed by atoms with Gasteiger partial charge in [-0.05, 0) is 37.0 Å². The van der Waals surface area contributed by atoms with E-state index in [0.717, 1.165) is 37.1 Å². The minimum Gasteiger partial charge on any atom is -0.493 e. The highest BCUT2D eigenvalue weighted by Gasteiger charge is 2.20. The van der Waals surface area contributed by atoms with E-state index < -0.39 is 0 Å². The Morgan fingerprint density at radius 3 is 2.70 bits per heavy atom. The molecule has 112 valence electrons. The van der Waals surface area contributed by atoms with E-state index in [4.69, 9.17) is 9.47 Å². The minimum absolute atomic E-state index is 0.732. The molecule has 0 aromatic heterocycles. The Labute approximate surface area is 122 Å². The molecule has 0 spiro atoms. The van der Waals surface area contributed by atoms with Gasteiger partial charge in [0.25, 0.3) is 0 Å². The van der Waals surface area contributed by atoms with E-state index in [-0.39, 0.29) is 0 Å². The number of benzene rings is 1. The van der Waals surface area contributed by atoms with Crippen LogP contribution in [0.25, 0.3) is 0 Å². The molecule has 0 atom stereocenters. The van der Waals surface area contributed by atoms with Gasteiger partial charge in [0.2, 0.25) is 0 Å². The van der Waals surface area contributed by atoms with Gasteiger partial charge in [-0.2, -0.15) is 0 Å². The normalized spacial score (nSPS) is 14.3. The van der Waals surface area contributed by atoms with Crippen LogP contribution in [0.5, 0.6) is 11.5 Å². The van der Waals surface area contributed by atoms with Crippen molar-refractivity contribution < 1.29 is 9.47 Å². The molecule has 0 radical (unpaired) electrons. The van der Waals surface area contributed by atoms with E-state index in [1.165, 1.54) is 37.7 Å². The third kappa shape index (κ3) is 5.04. The van der Waals surface area contributed by atoms with Crippen molar-refractivity contribution in [1.29, 1.82) is 0 Å². The fourth-order valence-corrected chi connectivity index (χ4v) is 2.20. The second-order valence-electron chi connectivity index (χ2n) is 5.55. The lowest BCUT2D eigenvalue weighted by atomic mass is 10.2. The number of hydrogen-bond donors (Lipinski definition) is 1. The summed E-state index contributed by atoms with van der Waals surface area (Å²) in [4.78, 5) is 0. The van der Waals surface area contributed by atoms with Crippen LogP contribution in [0.3, 0.4) is 0 Å². The average molecular weight is 277 g/mol. The molecule has 0 bridgehead atoms. The first-order valence-corrected chi connectivity index (χ1v) is 7.86. The highest BCUT2D eigenvalue weighted by Crippen LogP contribution is 2.29. The van der Waals surface area contributed by atoms with E-state index in [2.05, 4.69) is 24.4 Å². The fraction of sp³-hybridized carbons (Fsp3) is 0.647. The van der Waals surface area contributed by atoms with E-state index in [1.54, 1.807) is 7.11 Å². The maximum atomic E-state index is 5.82. The first-order chi connectivity index (χ1) is 9.83. The summed E-state index contributed by atoms with van der Waals surface area (Å²) in [5, 5.41) is 3.51. The van der Waals surface area contributed by atoms with Crippen molar-refractivity contribution in [2.24, 2.45) is 0 Å². The monoisotopic (exact) mass is 277 g/mol. The molecular weight excluding hydrogens is 250 g/mol. The first-order valence-electron chi connectivity index (χ1n) is 7.86. The average Bonchev–Trinajstić information content (AvgIpc) is 3.29. The molecule has 20 heavy (non-hydrogen) atoms. The predicted molar refractivity (Wildman–Crippen MR) is 82.5 cm³/mol. The van der Waals surface area contributed by atoms with Crippen LogP contribution < -0.4 is 14.8 Å². The van der Waals surface area contributed by atoms with Crippen LogP contribution in [-0.2, 0) is 6.54 Å².